The van der Waals surface area contributed by atoms with Crippen LogP contribution < -0.4 is 19.1 Å². The summed E-state index contributed by atoms with van der Waals surface area (Å²) < 4.78 is 22.6. The summed E-state index contributed by atoms with van der Waals surface area (Å²) in [4.78, 5) is 16.0. The zero-order valence-electron chi connectivity index (χ0n) is 43.9. The van der Waals surface area contributed by atoms with E-state index in [0.717, 1.165) is 132 Å². The second-order valence-electron chi connectivity index (χ2n) is 19.2. The Morgan fingerprint density at radius 2 is 0.895 bits per heavy atom. The van der Waals surface area contributed by atoms with Gasteiger partial charge in [-0.2, -0.15) is 5.26 Å². The van der Waals surface area contributed by atoms with Crippen LogP contribution in [0.1, 0.15) is 103 Å². The largest absolute Gasteiger partial charge is 0.494 e. The zero-order chi connectivity index (χ0) is 52.6. The summed E-state index contributed by atoms with van der Waals surface area (Å²) in [6.07, 6.45) is 15.5. The van der Waals surface area contributed by atoms with E-state index in [4.69, 9.17) is 14.2 Å². The first kappa shape index (κ1) is 53.3. The van der Waals surface area contributed by atoms with E-state index in [1.807, 2.05) is 24.3 Å². The van der Waals surface area contributed by atoms with Crippen molar-refractivity contribution in [2.75, 3.05) is 24.7 Å². The van der Waals surface area contributed by atoms with Crippen molar-refractivity contribution in [1.82, 2.24) is 4.57 Å². The molecular weight excluding hydrogens is 979 g/mol. The Morgan fingerprint density at radius 3 is 1.30 bits per heavy atom. The van der Waals surface area contributed by atoms with Crippen molar-refractivity contribution in [2.45, 2.75) is 97.8 Å². The van der Waals surface area contributed by atoms with Gasteiger partial charge in [0.05, 0.1) is 40.3 Å². The number of aliphatic carboxylic acids is 1. The molecule has 0 saturated heterocycles. The molecule has 1 N–H and O–H groups in total. The molecule has 0 fully saturated rings. The van der Waals surface area contributed by atoms with Crippen LogP contribution in [0.25, 0.3) is 64.9 Å². The minimum absolute atomic E-state index is 0.298. The van der Waals surface area contributed by atoms with Crippen molar-refractivity contribution in [2.24, 2.45) is 0 Å². The molecule has 6 aromatic carbocycles. The van der Waals surface area contributed by atoms with Gasteiger partial charge >= 0.3 is 5.97 Å². The van der Waals surface area contributed by atoms with E-state index >= 15 is 0 Å². The number of carboxylic acid groups (broad SMARTS) is 1. The van der Waals surface area contributed by atoms with Crippen molar-refractivity contribution in [3.8, 4) is 61.7 Å². The number of ether oxygens (including phenoxy) is 3. The lowest BCUT2D eigenvalue weighted by atomic mass is 10.0. The third-order valence-electron chi connectivity index (χ3n) is 13.7. The molecule has 76 heavy (non-hydrogen) atoms. The number of hydrogen-bond acceptors (Lipinski definition) is 8. The number of anilines is 3. The molecule has 0 aliphatic heterocycles. The van der Waals surface area contributed by atoms with Crippen molar-refractivity contribution < 1.29 is 24.1 Å². The number of aromatic nitrogens is 1. The number of benzene rings is 6. The Bertz CT molecular complexity index is 3260. The predicted octanol–water partition coefficient (Wildman–Crippen LogP) is 19.2. The molecule has 0 unspecified atom stereocenters. The van der Waals surface area contributed by atoms with Gasteiger partial charge in [0.2, 0.25) is 0 Å². The molecule has 0 bridgehead atoms. The molecule has 9 aromatic rings. The standard InChI is InChI=1S/C66H67N3O5S2/c1-4-7-10-13-40-72-57-34-22-49(23-35-57)47-16-26-53(27-17-47)68(54-28-18-48(19-29-54)50-24-36-58(37-25-50)73-41-14-11-8-5-2)55-30-20-51(21-31-55)63-45-62-65(76-63)64-61(44-60(75-64)43-52(46-67)66(70)71)69(62)56-32-38-59(39-33-56)74-42-15-12-9-6-3/h16-39,43-45H,4-15,40-42H2,1-3H3,(H,70,71)/b52-43-. The first-order valence-corrected chi connectivity index (χ1v) is 28.7. The van der Waals surface area contributed by atoms with E-state index in [2.05, 4.69) is 170 Å². The molecule has 0 spiro atoms. The van der Waals surface area contributed by atoms with Crippen molar-refractivity contribution in [1.29, 1.82) is 5.26 Å². The first-order valence-electron chi connectivity index (χ1n) is 27.1. The van der Waals surface area contributed by atoms with E-state index in [1.54, 1.807) is 11.3 Å². The molecular formula is C66H67N3O5S2. The summed E-state index contributed by atoms with van der Waals surface area (Å²) >= 11 is 3.21. The third-order valence-corrected chi connectivity index (χ3v) is 16.1. The lowest BCUT2D eigenvalue weighted by Gasteiger charge is -2.26. The van der Waals surface area contributed by atoms with Crippen LogP contribution in [0.3, 0.4) is 0 Å². The highest BCUT2D eigenvalue weighted by molar-refractivity contribution is 7.29. The van der Waals surface area contributed by atoms with Gasteiger partial charge in [-0.05, 0) is 150 Å². The second-order valence-corrected chi connectivity index (χ2v) is 21.4. The average Bonchev–Trinajstić information content (AvgIpc) is 4.16. The van der Waals surface area contributed by atoms with Crippen molar-refractivity contribution >= 4 is 72.2 Å². The predicted molar refractivity (Wildman–Crippen MR) is 318 cm³/mol. The van der Waals surface area contributed by atoms with Crippen LogP contribution in [0.4, 0.5) is 17.1 Å². The van der Waals surface area contributed by atoms with E-state index in [9.17, 15) is 15.2 Å². The maximum Gasteiger partial charge on any atom is 0.346 e. The lowest BCUT2D eigenvalue weighted by molar-refractivity contribution is -0.132. The molecule has 0 radical (unpaired) electrons. The first-order chi connectivity index (χ1) is 37.3. The Hall–Kier alpha value is -7.58. The van der Waals surface area contributed by atoms with E-state index < -0.39 is 5.97 Å². The van der Waals surface area contributed by atoms with Gasteiger partial charge in [-0.15, -0.1) is 22.7 Å². The van der Waals surface area contributed by atoms with Crippen LogP contribution >= 0.6 is 22.7 Å². The van der Waals surface area contributed by atoms with Crippen molar-refractivity contribution in [3.05, 3.63) is 168 Å². The molecule has 0 aliphatic carbocycles. The fourth-order valence-electron chi connectivity index (χ4n) is 9.51. The minimum Gasteiger partial charge on any atom is -0.494 e. The topological polar surface area (TPSA) is 97.0 Å². The molecule has 0 amide bonds. The summed E-state index contributed by atoms with van der Waals surface area (Å²) in [7, 11) is 0. The van der Waals surface area contributed by atoms with Crippen LogP contribution in [0.15, 0.2) is 163 Å². The van der Waals surface area contributed by atoms with Crippen LogP contribution in [-0.2, 0) is 4.79 Å². The van der Waals surface area contributed by atoms with Crippen LogP contribution in [0, 0.1) is 11.3 Å². The minimum atomic E-state index is -1.24. The van der Waals surface area contributed by atoms with Gasteiger partial charge in [-0.25, -0.2) is 4.79 Å². The molecule has 9 rings (SSSR count). The van der Waals surface area contributed by atoms with E-state index in [-0.39, 0.29) is 5.57 Å². The summed E-state index contributed by atoms with van der Waals surface area (Å²) in [6, 6.07) is 57.4. The van der Waals surface area contributed by atoms with E-state index in [0.29, 0.717) is 11.5 Å². The zero-order valence-corrected chi connectivity index (χ0v) is 45.6. The molecule has 10 heteroatoms. The number of thiophene rings is 2. The normalized spacial score (nSPS) is 11.5. The number of unbranched alkanes of at least 4 members (excludes halogenated alkanes) is 9. The molecule has 8 nitrogen and oxygen atoms in total. The number of fused-ring (bicyclic) bond motifs is 3. The quantitative estimate of drug-likeness (QED) is 0.0311. The van der Waals surface area contributed by atoms with Gasteiger partial charge in [0, 0.05) is 32.5 Å². The Balaban J connectivity index is 1.02. The van der Waals surface area contributed by atoms with Crippen molar-refractivity contribution in [3.63, 3.8) is 0 Å². The van der Waals surface area contributed by atoms with Crippen LogP contribution in [0.5, 0.6) is 17.2 Å². The van der Waals surface area contributed by atoms with Gasteiger partial charge in [0.25, 0.3) is 0 Å². The van der Waals surface area contributed by atoms with Gasteiger partial charge in [0.1, 0.15) is 28.9 Å². The number of carboxylic acids is 1. The smallest absolute Gasteiger partial charge is 0.346 e. The Morgan fingerprint density at radius 1 is 0.513 bits per heavy atom. The van der Waals surface area contributed by atoms with Gasteiger partial charge in [-0.1, -0.05) is 139 Å². The van der Waals surface area contributed by atoms with E-state index in [1.165, 1.54) is 68.8 Å². The van der Waals surface area contributed by atoms with Crippen LogP contribution in [0.2, 0.25) is 0 Å². The summed E-state index contributed by atoms with van der Waals surface area (Å²) in [5.74, 6) is 1.38. The van der Waals surface area contributed by atoms with Crippen LogP contribution in [-0.4, -0.2) is 35.5 Å². The number of hydrogen-bond donors (Lipinski definition) is 1. The molecule has 388 valence electrons. The highest BCUT2D eigenvalue weighted by Crippen LogP contribution is 2.46. The number of carbonyl (C=O) groups is 1. The highest BCUT2D eigenvalue weighted by Gasteiger charge is 2.21. The Kier molecular flexibility index (Phi) is 18.4. The summed E-state index contributed by atoms with van der Waals surface area (Å²) in [5, 5.41) is 19.3. The van der Waals surface area contributed by atoms with Gasteiger partial charge in [-0.3, -0.25) is 0 Å². The third kappa shape index (κ3) is 13.1. The second kappa shape index (κ2) is 26.3. The summed E-state index contributed by atoms with van der Waals surface area (Å²) in [5.41, 5.74) is 11.4. The maximum absolute atomic E-state index is 11.9. The SMILES string of the molecule is CCCCCCOc1ccc(-c2ccc(N(c3ccc(-c4ccc(OCCCCCC)cc4)cc3)c3ccc(-c4cc5c(s4)c4sc(/C=C(/C#N)C(=O)O)cc4n5-c4ccc(OCCCCCC)cc4)cc3)cc2)cc1. The fraction of sp³-hybridized carbons (Fsp3) is 0.273. The number of rotatable bonds is 27. The molecule has 0 aliphatic rings. The monoisotopic (exact) mass is 1050 g/mol. The van der Waals surface area contributed by atoms with Gasteiger partial charge in [0.15, 0.2) is 0 Å². The fourth-order valence-corrected chi connectivity index (χ4v) is 11.9. The highest BCUT2D eigenvalue weighted by atomic mass is 32.1. The molecule has 3 aromatic heterocycles. The average molecular weight is 1050 g/mol. The lowest BCUT2D eigenvalue weighted by Crippen LogP contribution is -2.09. The Labute approximate surface area is 456 Å². The molecule has 0 atom stereocenters. The summed E-state index contributed by atoms with van der Waals surface area (Å²) in [6.45, 7) is 8.82. The number of nitriles is 1. The molecule has 3 heterocycles. The molecule has 0 saturated carbocycles. The number of nitrogens with zero attached hydrogens (tertiary/aromatic N) is 3. The van der Waals surface area contributed by atoms with Gasteiger partial charge < -0.3 is 28.8 Å². The maximum atomic E-state index is 11.9.